The fraction of sp³-hybridized carbons (Fsp3) is 0.833. The van der Waals surface area contributed by atoms with Crippen LogP contribution in [0.25, 0.3) is 0 Å². The summed E-state index contributed by atoms with van der Waals surface area (Å²) in [6.07, 6.45) is 4.22. The molecule has 0 aliphatic heterocycles. The molecule has 1 fully saturated rings. The highest BCUT2D eigenvalue weighted by atomic mass is 16.5. The quantitative estimate of drug-likeness (QED) is 0.733. The van der Waals surface area contributed by atoms with E-state index >= 15 is 0 Å². The van der Waals surface area contributed by atoms with Crippen molar-refractivity contribution in [3.63, 3.8) is 0 Å². The Kier molecular flexibility index (Phi) is 5.80. The van der Waals surface area contributed by atoms with Crippen molar-refractivity contribution >= 4 is 12.0 Å². The Morgan fingerprint density at radius 2 is 1.88 bits per heavy atom. The Morgan fingerprint density at radius 1 is 1.24 bits per heavy atom. The molecule has 0 unspecified atom stereocenters. The summed E-state index contributed by atoms with van der Waals surface area (Å²) >= 11 is 0. The van der Waals surface area contributed by atoms with Gasteiger partial charge in [0.2, 0.25) is 0 Å². The third kappa shape index (κ3) is 4.63. The summed E-state index contributed by atoms with van der Waals surface area (Å²) in [5.74, 6) is -0.115. The van der Waals surface area contributed by atoms with Gasteiger partial charge in [0.25, 0.3) is 0 Å². The number of carbonyl (C=O) groups excluding carboxylic acids is 2. The van der Waals surface area contributed by atoms with E-state index in [1.54, 1.807) is 0 Å². The van der Waals surface area contributed by atoms with Gasteiger partial charge in [0.1, 0.15) is 0 Å². The number of amides is 2. The van der Waals surface area contributed by atoms with Gasteiger partial charge in [0, 0.05) is 12.6 Å². The van der Waals surface area contributed by atoms with Crippen LogP contribution in [0, 0.1) is 5.92 Å². The summed E-state index contributed by atoms with van der Waals surface area (Å²) in [7, 11) is 1.42. The molecule has 98 valence electrons. The summed E-state index contributed by atoms with van der Waals surface area (Å²) in [5, 5.41) is 5.71. The molecule has 17 heavy (non-hydrogen) atoms. The third-order valence-electron chi connectivity index (χ3n) is 3.13. The minimum atomic E-state index is -0.126. The van der Waals surface area contributed by atoms with Gasteiger partial charge < -0.3 is 15.4 Å². The molecule has 1 saturated carbocycles. The van der Waals surface area contributed by atoms with Gasteiger partial charge in [-0.25, -0.2) is 4.79 Å². The van der Waals surface area contributed by atoms with Crippen LogP contribution >= 0.6 is 0 Å². The highest BCUT2D eigenvalue weighted by molar-refractivity contribution is 5.74. The largest absolute Gasteiger partial charge is 0.469 e. The van der Waals surface area contributed by atoms with Crippen LogP contribution in [-0.2, 0) is 9.53 Å². The summed E-state index contributed by atoms with van der Waals surface area (Å²) < 4.78 is 4.72. The van der Waals surface area contributed by atoms with E-state index < -0.39 is 0 Å². The SMILES string of the molecule is CCCNC(=O)NC1CCC(C(=O)OC)CC1. The van der Waals surface area contributed by atoms with Crippen LogP contribution in [0.5, 0.6) is 0 Å². The molecule has 1 rings (SSSR count). The minimum absolute atomic E-state index is 0.0109. The maximum absolute atomic E-state index is 11.4. The summed E-state index contributed by atoms with van der Waals surface area (Å²) in [6.45, 7) is 2.71. The predicted octanol–water partition coefficient (Wildman–Crippen LogP) is 1.43. The van der Waals surface area contributed by atoms with Crippen molar-refractivity contribution in [2.24, 2.45) is 5.92 Å². The van der Waals surface area contributed by atoms with Crippen LogP contribution in [0.2, 0.25) is 0 Å². The van der Waals surface area contributed by atoms with Gasteiger partial charge in [-0.1, -0.05) is 6.92 Å². The Morgan fingerprint density at radius 3 is 2.41 bits per heavy atom. The number of methoxy groups -OCH3 is 1. The van der Waals surface area contributed by atoms with Gasteiger partial charge in [-0.2, -0.15) is 0 Å². The molecule has 1 aliphatic rings. The molecule has 2 amide bonds. The van der Waals surface area contributed by atoms with E-state index in [1.165, 1.54) is 7.11 Å². The fourth-order valence-corrected chi connectivity index (χ4v) is 2.12. The minimum Gasteiger partial charge on any atom is -0.469 e. The maximum atomic E-state index is 11.4. The van der Waals surface area contributed by atoms with Crippen LogP contribution < -0.4 is 10.6 Å². The number of urea groups is 1. The van der Waals surface area contributed by atoms with Crippen molar-refractivity contribution < 1.29 is 14.3 Å². The topological polar surface area (TPSA) is 67.4 Å². The summed E-state index contributed by atoms with van der Waals surface area (Å²) in [6, 6.07) is 0.0844. The zero-order valence-electron chi connectivity index (χ0n) is 10.6. The first-order valence-corrected chi connectivity index (χ1v) is 6.29. The zero-order valence-corrected chi connectivity index (χ0v) is 10.6. The lowest BCUT2D eigenvalue weighted by atomic mass is 9.86. The second-order valence-corrected chi connectivity index (χ2v) is 4.47. The van der Waals surface area contributed by atoms with Crippen molar-refractivity contribution in [1.29, 1.82) is 0 Å². The summed E-state index contributed by atoms with van der Waals surface area (Å²) in [5.41, 5.74) is 0. The van der Waals surface area contributed by atoms with E-state index in [2.05, 4.69) is 10.6 Å². The van der Waals surface area contributed by atoms with Crippen molar-refractivity contribution in [2.45, 2.75) is 45.1 Å². The maximum Gasteiger partial charge on any atom is 0.315 e. The molecule has 0 atom stereocenters. The van der Waals surface area contributed by atoms with Crippen molar-refractivity contribution in [3.05, 3.63) is 0 Å². The van der Waals surface area contributed by atoms with Crippen LogP contribution in [0.1, 0.15) is 39.0 Å². The van der Waals surface area contributed by atoms with E-state index in [9.17, 15) is 9.59 Å². The van der Waals surface area contributed by atoms with Gasteiger partial charge in [-0.15, -0.1) is 0 Å². The van der Waals surface area contributed by atoms with Crippen LogP contribution in [-0.4, -0.2) is 31.7 Å². The number of ether oxygens (including phenoxy) is 1. The molecule has 0 aromatic carbocycles. The normalized spacial score (nSPS) is 23.9. The summed E-state index contributed by atoms with van der Waals surface area (Å²) in [4.78, 5) is 22.7. The molecule has 1 aliphatic carbocycles. The van der Waals surface area contributed by atoms with E-state index in [-0.39, 0.29) is 24.0 Å². The highest BCUT2D eigenvalue weighted by Gasteiger charge is 2.27. The molecular formula is C12H22N2O3. The predicted molar refractivity (Wildman–Crippen MR) is 64.6 cm³/mol. The highest BCUT2D eigenvalue weighted by Crippen LogP contribution is 2.25. The molecule has 0 heterocycles. The Bertz CT molecular complexity index is 260. The number of nitrogens with one attached hydrogen (secondary N) is 2. The molecule has 2 N–H and O–H groups in total. The van der Waals surface area contributed by atoms with Crippen LogP contribution in [0.15, 0.2) is 0 Å². The Balaban J connectivity index is 2.23. The van der Waals surface area contributed by atoms with Crippen LogP contribution in [0.3, 0.4) is 0 Å². The lowest BCUT2D eigenvalue weighted by molar-refractivity contribution is -0.146. The van der Waals surface area contributed by atoms with Crippen molar-refractivity contribution in [2.75, 3.05) is 13.7 Å². The van der Waals surface area contributed by atoms with E-state index in [4.69, 9.17) is 4.74 Å². The van der Waals surface area contributed by atoms with Gasteiger partial charge in [0.15, 0.2) is 0 Å². The second kappa shape index (κ2) is 7.14. The molecule has 5 nitrogen and oxygen atoms in total. The van der Waals surface area contributed by atoms with E-state index in [1.807, 2.05) is 6.92 Å². The zero-order chi connectivity index (χ0) is 12.7. The van der Waals surface area contributed by atoms with Gasteiger partial charge in [0.05, 0.1) is 13.0 Å². The molecule has 0 spiro atoms. The van der Waals surface area contributed by atoms with Crippen LogP contribution in [0.4, 0.5) is 4.79 Å². The first-order valence-electron chi connectivity index (χ1n) is 6.29. The first-order chi connectivity index (χ1) is 8.17. The van der Waals surface area contributed by atoms with Crippen molar-refractivity contribution in [3.8, 4) is 0 Å². The van der Waals surface area contributed by atoms with Gasteiger partial charge in [-0.3, -0.25) is 4.79 Å². The number of carbonyl (C=O) groups is 2. The average molecular weight is 242 g/mol. The lowest BCUT2D eigenvalue weighted by Gasteiger charge is -2.27. The molecule has 5 heteroatoms. The monoisotopic (exact) mass is 242 g/mol. The first kappa shape index (κ1) is 13.8. The second-order valence-electron chi connectivity index (χ2n) is 4.47. The molecular weight excluding hydrogens is 220 g/mol. The molecule has 0 saturated heterocycles. The number of esters is 1. The molecule has 0 radical (unpaired) electrons. The number of rotatable bonds is 4. The van der Waals surface area contributed by atoms with Gasteiger partial charge in [-0.05, 0) is 32.1 Å². The lowest BCUT2D eigenvalue weighted by Crippen LogP contribution is -2.44. The Labute approximate surface area is 102 Å². The standard InChI is InChI=1S/C12H22N2O3/c1-3-8-13-12(16)14-10-6-4-9(5-7-10)11(15)17-2/h9-10H,3-8H2,1-2H3,(H2,13,14,16). The Hall–Kier alpha value is -1.26. The molecule has 0 aromatic rings. The average Bonchev–Trinajstić information content (AvgIpc) is 2.36. The fourth-order valence-electron chi connectivity index (χ4n) is 2.12. The van der Waals surface area contributed by atoms with Crippen molar-refractivity contribution in [1.82, 2.24) is 10.6 Å². The molecule has 0 aromatic heterocycles. The van der Waals surface area contributed by atoms with E-state index in [0.29, 0.717) is 6.54 Å². The third-order valence-corrected chi connectivity index (χ3v) is 3.13. The molecule has 0 bridgehead atoms. The smallest absolute Gasteiger partial charge is 0.315 e. The number of hydrogen-bond donors (Lipinski definition) is 2. The van der Waals surface area contributed by atoms with E-state index in [0.717, 1.165) is 32.1 Å². The van der Waals surface area contributed by atoms with Gasteiger partial charge >= 0.3 is 12.0 Å². The number of hydrogen-bond acceptors (Lipinski definition) is 3.